The van der Waals surface area contributed by atoms with Crippen LogP contribution in [0.5, 0.6) is 0 Å². The molecule has 0 atom stereocenters. The molecule has 32 heavy (non-hydrogen) atoms. The van der Waals surface area contributed by atoms with Crippen molar-refractivity contribution in [3.63, 3.8) is 0 Å². The molecule has 5 rings (SSSR count). The van der Waals surface area contributed by atoms with Crippen molar-refractivity contribution in [2.75, 3.05) is 5.73 Å². The molecule has 2 aromatic carbocycles. The molecule has 0 saturated carbocycles. The van der Waals surface area contributed by atoms with Crippen LogP contribution >= 0.6 is 0 Å². The first kappa shape index (κ1) is 19.7. The molecule has 5 nitrogen and oxygen atoms in total. The number of fused-ring (bicyclic) bond motifs is 3. The van der Waals surface area contributed by atoms with Gasteiger partial charge in [0.2, 0.25) is 0 Å². The van der Waals surface area contributed by atoms with E-state index in [-0.39, 0.29) is 5.69 Å². The summed E-state index contributed by atoms with van der Waals surface area (Å²) in [5.74, 6) is 0. The molecule has 3 heterocycles. The molecule has 158 valence electrons. The lowest BCUT2D eigenvalue weighted by atomic mass is 10.0. The number of nitrogens with zero attached hydrogens (tertiary/aromatic N) is 3. The van der Waals surface area contributed by atoms with E-state index >= 15 is 0 Å². The molecule has 0 unspecified atom stereocenters. The smallest absolute Gasteiger partial charge is 0.397 e. The van der Waals surface area contributed by atoms with Gasteiger partial charge in [-0.3, -0.25) is 19.3 Å². The number of nitrogen functional groups attached to an aromatic ring is 1. The molecule has 2 N–H and O–H groups in total. The summed E-state index contributed by atoms with van der Waals surface area (Å²) >= 11 is 0. The highest BCUT2D eigenvalue weighted by Crippen LogP contribution is 2.33. The van der Waals surface area contributed by atoms with Crippen molar-refractivity contribution in [1.29, 1.82) is 0 Å². The summed E-state index contributed by atoms with van der Waals surface area (Å²) in [5, 5.41) is 1.21. The molecular weight excluding hydrogens is 417 g/mol. The Labute approximate surface area is 179 Å². The minimum atomic E-state index is -4.53. The Bertz CT molecular complexity index is 1560. The van der Waals surface area contributed by atoms with E-state index in [2.05, 4.69) is 9.97 Å². The first-order valence-electron chi connectivity index (χ1n) is 9.66. The van der Waals surface area contributed by atoms with Crippen molar-refractivity contribution in [1.82, 2.24) is 14.5 Å². The summed E-state index contributed by atoms with van der Waals surface area (Å²) in [7, 11) is 0. The monoisotopic (exact) mass is 432 g/mol. The second-order valence-electron chi connectivity index (χ2n) is 7.29. The maximum atomic E-state index is 13.3. The number of hydrogen-bond acceptors (Lipinski definition) is 4. The summed E-state index contributed by atoms with van der Waals surface area (Å²) < 4.78 is 41.2. The van der Waals surface area contributed by atoms with Gasteiger partial charge in [0.15, 0.2) is 0 Å². The van der Waals surface area contributed by atoms with Crippen LogP contribution in [0.1, 0.15) is 5.56 Å². The second kappa shape index (κ2) is 7.19. The van der Waals surface area contributed by atoms with Crippen molar-refractivity contribution < 1.29 is 13.2 Å². The number of benzene rings is 2. The quantitative estimate of drug-likeness (QED) is 0.389. The van der Waals surface area contributed by atoms with Gasteiger partial charge in [-0.1, -0.05) is 12.1 Å². The molecule has 0 aliphatic rings. The van der Waals surface area contributed by atoms with Gasteiger partial charge in [-0.05, 0) is 48.5 Å². The molecule has 8 heteroatoms. The number of aromatic nitrogens is 3. The van der Waals surface area contributed by atoms with Crippen molar-refractivity contribution in [2.45, 2.75) is 6.18 Å². The lowest BCUT2D eigenvalue weighted by molar-refractivity contribution is -0.137. The van der Waals surface area contributed by atoms with Crippen LogP contribution in [-0.2, 0) is 6.18 Å². The SMILES string of the molecule is Nc1cccnc1-c1ccc2ncc3ccc(=O)n(-c4cccc(C(F)(F)F)c4)c3c2c1. The standard InChI is InChI=1S/C24H15F3N4O/c25-24(26,27)16-3-1-4-17(12-16)31-21(32)9-7-15-13-30-20-8-6-14(11-18(20)23(15)31)22-19(28)5-2-10-29-22/h1-13H,28H2. The molecule has 0 spiro atoms. The average Bonchev–Trinajstić information content (AvgIpc) is 2.78. The Morgan fingerprint density at radius 2 is 1.75 bits per heavy atom. The van der Waals surface area contributed by atoms with Gasteiger partial charge in [0.25, 0.3) is 5.56 Å². The van der Waals surface area contributed by atoms with E-state index in [4.69, 9.17) is 5.73 Å². The Morgan fingerprint density at radius 3 is 2.53 bits per heavy atom. The van der Waals surface area contributed by atoms with E-state index in [9.17, 15) is 18.0 Å². The van der Waals surface area contributed by atoms with Gasteiger partial charge in [-0.25, -0.2) is 0 Å². The number of rotatable bonds is 2. The molecule has 0 aliphatic heterocycles. The highest BCUT2D eigenvalue weighted by Gasteiger charge is 2.30. The molecule has 3 aromatic heterocycles. The van der Waals surface area contributed by atoms with Crippen LogP contribution in [0.3, 0.4) is 0 Å². The summed E-state index contributed by atoms with van der Waals surface area (Å²) in [6.45, 7) is 0. The minimum Gasteiger partial charge on any atom is -0.397 e. The van der Waals surface area contributed by atoms with Crippen molar-refractivity contribution >= 4 is 27.5 Å². The summed E-state index contributed by atoms with van der Waals surface area (Å²) in [5.41, 5.74) is 7.70. The lowest BCUT2D eigenvalue weighted by Gasteiger charge is -2.15. The lowest BCUT2D eigenvalue weighted by Crippen LogP contribution is -2.18. The molecule has 0 radical (unpaired) electrons. The zero-order valence-electron chi connectivity index (χ0n) is 16.5. The average molecular weight is 432 g/mol. The largest absolute Gasteiger partial charge is 0.416 e. The number of halogens is 3. The Balaban J connectivity index is 1.86. The molecule has 0 saturated heterocycles. The minimum absolute atomic E-state index is 0.116. The first-order valence-corrected chi connectivity index (χ1v) is 9.66. The normalized spacial score (nSPS) is 11.8. The van der Waals surface area contributed by atoms with Gasteiger partial charge in [0.05, 0.1) is 28.0 Å². The predicted molar refractivity (Wildman–Crippen MR) is 117 cm³/mol. The van der Waals surface area contributed by atoms with Crippen LogP contribution in [0.15, 0.2) is 83.9 Å². The molecule has 0 aliphatic carbocycles. The molecule has 5 aromatic rings. The highest BCUT2D eigenvalue weighted by molar-refractivity contribution is 6.05. The van der Waals surface area contributed by atoms with Crippen molar-refractivity contribution in [3.05, 3.63) is 95.0 Å². The van der Waals surface area contributed by atoms with E-state index < -0.39 is 17.3 Å². The highest BCUT2D eigenvalue weighted by atomic mass is 19.4. The van der Waals surface area contributed by atoms with Crippen LogP contribution < -0.4 is 11.3 Å². The van der Waals surface area contributed by atoms with Gasteiger partial charge < -0.3 is 5.73 Å². The molecular formula is C24H15F3N4O. The van der Waals surface area contributed by atoms with E-state index in [0.717, 1.165) is 12.1 Å². The number of nitrogens with two attached hydrogens (primary N) is 1. The first-order chi connectivity index (χ1) is 15.3. The van der Waals surface area contributed by atoms with E-state index in [0.29, 0.717) is 38.8 Å². The number of pyridine rings is 3. The third-order valence-corrected chi connectivity index (χ3v) is 5.26. The fourth-order valence-corrected chi connectivity index (χ4v) is 3.80. The topological polar surface area (TPSA) is 73.8 Å². The van der Waals surface area contributed by atoms with Crippen LogP contribution in [0.2, 0.25) is 0 Å². The van der Waals surface area contributed by atoms with Crippen LogP contribution in [0.25, 0.3) is 38.8 Å². The van der Waals surface area contributed by atoms with Gasteiger partial charge in [0, 0.05) is 40.5 Å². The molecule has 0 amide bonds. The Kier molecular flexibility index (Phi) is 4.44. The van der Waals surface area contributed by atoms with Crippen molar-refractivity contribution in [3.8, 4) is 16.9 Å². The maximum absolute atomic E-state index is 13.3. The van der Waals surface area contributed by atoms with Crippen molar-refractivity contribution in [2.24, 2.45) is 0 Å². The summed E-state index contributed by atoms with van der Waals surface area (Å²) in [6, 6.07) is 16.5. The predicted octanol–water partition coefficient (Wildman–Crippen LogP) is 5.20. The van der Waals surface area contributed by atoms with Crippen LogP contribution in [-0.4, -0.2) is 14.5 Å². The number of alkyl halides is 3. The number of hydrogen-bond donors (Lipinski definition) is 1. The molecule has 0 bridgehead atoms. The zero-order chi connectivity index (χ0) is 22.5. The van der Waals surface area contributed by atoms with E-state index in [1.807, 2.05) is 6.07 Å². The summed E-state index contributed by atoms with van der Waals surface area (Å²) in [4.78, 5) is 21.7. The van der Waals surface area contributed by atoms with E-state index in [1.165, 1.54) is 22.8 Å². The van der Waals surface area contributed by atoms with Gasteiger partial charge in [-0.15, -0.1) is 0 Å². The summed E-state index contributed by atoms with van der Waals surface area (Å²) in [6.07, 6.45) is -1.32. The van der Waals surface area contributed by atoms with Gasteiger partial charge in [-0.2, -0.15) is 13.2 Å². The fraction of sp³-hybridized carbons (Fsp3) is 0.0417. The Hall–Kier alpha value is -4.20. The third kappa shape index (κ3) is 3.26. The second-order valence-corrected chi connectivity index (χ2v) is 7.29. The van der Waals surface area contributed by atoms with Crippen LogP contribution in [0.4, 0.5) is 18.9 Å². The Morgan fingerprint density at radius 1 is 0.906 bits per heavy atom. The van der Waals surface area contributed by atoms with E-state index in [1.54, 1.807) is 42.7 Å². The third-order valence-electron chi connectivity index (χ3n) is 5.26. The van der Waals surface area contributed by atoms with Gasteiger partial charge in [0.1, 0.15) is 0 Å². The zero-order valence-corrected chi connectivity index (χ0v) is 16.5. The maximum Gasteiger partial charge on any atom is 0.416 e. The fourth-order valence-electron chi connectivity index (χ4n) is 3.80. The number of anilines is 1. The molecule has 0 fully saturated rings. The van der Waals surface area contributed by atoms with Crippen LogP contribution in [0, 0.1) is 0 Å². The van der Waals surface area contributed by atoms with Gasteiger partial charge >= 0.3 is 6.18 Å².